The third-order valence-electron chi connectivity index (χ3n) is 5.00. The van der Waals surface area contributed by atoms with Crippen LogP contribution in [0.3, 0.4) is 0 Å². The smallest absolute Gasteiger partial charge is 0.257 e. The van der Waals surface area contributed by atoms with E-state index in [2.05, 4.69) is 4.90 Å². The summed E-state index contributed by atoms with van der Waals surface area (Å²) in [7, 11) is 0. The van der Waals surface area contributed by atoms with Crippen LogP contribution in [-0.2, 0) is 4.79 Å². The van der Waals surface area contributed by atoms with Crippen LogP contribution >= 0.6 is 0 Å². The topological polar surface area (TPSA) is 57.0 Å². The number of furan rings is 1. The normalized spacial score (nSPS) is 19.6. The molecule has 0 aliphatic carbocycles. The first-order chi connectivity index (χ1) is 11.5. The summed E-state index contributed by atoms with van der Waals surface area (Å²) >= 11 is 0. The molecular formula is C18H27N3O3. The van der Waals surface area contributed by atoms with E-state index in [1.165, 1.54) is 6.42 Å². The first-order valence-corrected chi connectivity index (χ1v) is 8.91. The molecule has 2 amide bonds. The molecule has 2 fully saturated rings. The molecule has 1 aromatic heterocycles. The number of likely N-dealkylation sites (tertiary alicyclic amines) is 1. The second-order valence-corrected chi connectivity index (χ2v) is 6.84. The van der Waals surface area contributed by atoms with Gasteiger partial charge in [0.25, 0.3) is 5.91 Å². The predicted molar refractivity (Wildman–Crippen MR) is 91.0 cm³/mol. The third kappa shape index (κ3) is 3.80. The lowest BCUT2D eigenvalue weighted by atomic mass is 10.1. The van der Waals surface area contributed by atoms with Crippen LogP contribution in [0.2, 0.25) is 0 Å². The fourth-order valence-electron chi connectivity index (χ4n) is 3.56. The van der Waals surface area contributed by atoms with Gasteiger partial charge in [-0.15, -0.1) is 0 Å². The van der Waals surface area contributed by atoms with E-state index in [1.807, 2.05) is 29.7 Å². The average molecular weight is 333 g/mol. The van der Waals surface area contributed by atoms with E-state index in [0.717, 1.165) is 44.8 Å². The number of hydrogen-bond donors (Lipinski definition) is 0. The molecule has 0 unspecified atom stereocenters. The van der Waals surface area contributed by atoms with Gasteiger partial charge in [-0.1, -0.05) is 0 Å². The monoisotopic (exact) mass is 333 g/mol. The Morgan fingerprint density at radius 3 is 2.21 bits per heavy atom. The fraction of sp³-hybridized carbons (Fsp3) is 0.667. The van der Waals surface area contributed by atoms with Gasteiger partial charge in [-0.3, -0.25) is 14.5 Å². The third-order valence-corrected chi connectivity index (χ3v) is 5.00. The Bertz CT molecular complexity index is 597. The van der Waals surface area contributed by atoms with Crippen molar-refractivity contribution in [2.24, 2.45) is 0 Å². The fourth-order valence-corrected chi connectivity index (χ4v) is 3.56. The molecule has 0 N–H and O–H groups in total. The van der Waals surface area contributed by atoms with Gasteiger partial charge in [0, 0.05) is 39.3 Å². The number of carbonyl (C=O) groups is 2. The van der Waals surface area contributed by atoms with Gasteiger partial charge >= 0.3 is 0 Å². The maximum absolute atomic E-state index is 12.6. The summed E-state index contributed by atoms with van der Waals surface area (Å²) in [6.07, 6.45) is 3.48. The molecule has 132 valence electrons. The predicted octanol–water partition coefficient (Wildman–Crippen LogP) is 1.67. The van der Waals surface area contributed by atoms with Crippen LogP contribution in [0.25, 0.3) is 0 Å². The van der Waals surface area contributed by atoms with Crippen LogP contribution in [0.5, 0.6) is 0 Å². The molecule has 3 heterocycles. The Balaban J connectivity index is 1.49. The van der Waals surface area contributed by atoms with Crippen molar-refractivity contribution in [1.29, 1.82) is 0 Å². The molecule has 6 nitrogen and oxygen atoms in total. The molecule has 0 spiro atoms. The molecule has 2 aliphatic rings. The van der Waals surface area contributed by atoms with E-state index in [1.54, 1.807) is 0 Å². The molecule has 0 radical (unpaired) electrons. The number of piperazine rings is 1. The highest BCUT2D eigenvalue weighted by atomic mass is 16.3. The van der Waals surface area contributed by atoms with E-state index in [-0.39, 0.29) is 11.8 Å². The zero-order chi connectivity index (χ0) is 17.1. The molecule has 2 saturated heterocycles. The number of hydrogen-bond acceptors (Lipinski definition) is 4. The molecule has 6 heteroatoms. The second kappa shape index (κ2) is 7.38. The maximum Gasteiger partial charge on any atom is 0.257 e. The van der Waals surface area contributed by atoms with Crippen molar-refractivity contribution in [3.8, 4) is 0 Å². The molecule has 0 atom stereocenters. The Labute approximate surface area is 143 Å². The SMILES string of the molecule is Cc1cc(C(=O)N2CCN(CC(=O)N3CCCCC3)CC2)c(C)o1. The number of nitrogens with zero attached hydrogens (tertiary/aromatic N) is 3. The number of aryl methyl sites for hydroxylation is 2. The highest BCUT2D eigenvalue weighted by Crippen LogP contribution is 2.17. The first kappa shape index (κ1) is 17.0. The summed E-state index contributed by atoms with van der Waals surface area (Å²) in [6.45, 7) is 8.79. The Morgan fingerprint density at radius 1 is 0.958 bits per heavy atom. The van der Waals surface area contributed by atoms with Crippen LogP contribution in [0.15, 0.2) is 10.5 Å². The van der Waals surface area contributed by atoms with Gasteiger partial charge < -0.3 is 14.2 Å². The summed E-state index contributed by atoms with van der Waals surface area (Å²) in [5.74, 6) is 1.71. The summed E-state index contributed by atoms with van der Waals surface area (Å²) in [4.78, 5) is 30.9. The second-order valence-electron chi connectivity index (χ2n) is 6.84. The zero-order valence-corrected chi connectivity index (χ0v) is 14.7. The van der Waals surface area contributed by atoms with Crippen molar-refractivity contribution >= 4 is 11.8 Å². The quantitative estimate of drug-likeness (QED) is 0.844. The molecule has 0 saturated carbocycles. The van der Waals surface area contributed by atoms with Crippen molar-refractivity contribution in [1.82, 2.24) is 14.7 Å². The minimum atomic E-state index is 0.0337. The Kier molecular flexibility index (Phi) is 5.23. The minimum Gasteiger partial charge on any atom is -0.466 e. The lowest BCUT2D eigenvalue weighted by Gasteiger charge is -2.36. The van der Waals surface area contributed by atoms with Crippen LogP contribution in [0.4, 0.5) is 0 Å². The lowest BCUT2D eigenvalue weighted by Crippen LogP contribution is -2.52. The van der Waals surface area contributed by atoms with E-state index in [4.69, 9.17) is 4.42 Å². The molecule has 3 rings (SSSR count). The Morgan fingerprint density at radius 2 is 1.62 bits per heavy atom. The molecule has 24 heavy (non-hydrogen) atoms. The van der Waals surface area contributed by atoms with Crippen LogP contribution in [-0.4, -0.2) is 72.3 Å². The molecule has 2 aliphatic heterocycles. The number of piperidine rings is 1. The summed E-state index contributed by atoms with van der Waals surface area (Å²) in [5.41, 5.74) is 0.658. The molecule has 0 bridgehead atoms. The molecular weight excluding hydrogens is 306 g/mol. The van der Waals surface area contributed by atoms with Gasteiger partial charge in [0.05, 0.1) is 12.1 Å². The average Bonchev–Trinajstić information content (AvgIpc) is 2.94. The van der Waals surface area contributed by atoms with Gasteiger partial charge in [0.2, 0.25) is 5.91 Å². The van der Waals surface area contributed by atoms with Crippen LogP contribution < -0.4 is 0 Å². The highest BCUT2D eigenvalue weighted by molar-refractivity contribution is 5.95. The summed E-state index contributed by atoms with van der Waals surface area (Å²) in [5, 5.41) is 0. The van der Waals surface area contributed by atoms with Gasteiger partial charge in [-0.05, 0) is 39.2 Å². The van der Waals surface area contributed by atoms with Crippen molar-refractivity contribution in [3.05, 3.63) is 23.2 Å². The molecule has 0 aromatic carbocycles. The van der Waals surface area contributed by atoms with Crippen LogP contribution in [0.1, 0.15) is 41.1 Å². The zero-order valence-electron chi connectivity index (χ0n) is 14.7. The van der Waals surface area contributed by atoms with E-state index >= 15 is 0 Å². The van der Waals surface area contributed by atoms with Crippen molar-refractivity contribution < 1.29 is 14.0 Å². The summed E-state index contributed by atoms with van der Waals surface area (Å²) in [6, 6.07) is 1.81. The molecule has 1 aromatic rings. The van der Waals surface area contributed by atoms with Crippen molar-refractivity contribution in [2.75, 3.05) is 45.8 Å². The van der Waals surface area contributed by atoms with Crippen molar-refractivity contribution in [2.45, 2.75) is 33.1 Å². The Hall–Kier alpha value is -1.82. The number of rotatable bonds is 3. The van der Waals surface area contributed by atoms with E-state index < -0.39 is 0 Å². The first-order valence-electron chi connectivity index (χ1n) is 8.91. The highest BCUT2D eigenvalue weighted by Gasteiger charge is 2.26. The van der Waals surface area contributed by atoms with Gasteiger partial charge in [-0.25, -0.2) is 0 Å². The maximum atomic E-state index is 12.6. The van der Waals surface area contributed by atoms with Crippen molar-refractivity contribution in [3.63, 3.8) is 0 Å². The van der Waals surface area contributed by atoms with E-state index in [9.17, 15) is 9.59 Å². The number of carbonyl (C=O) groups excluding carboxylic acids is 2. The van der Waals surface area contributed by atoms with Gasteiger partial charge in [0.1, 0.15) is 11.5 Å². The van der Waals surface area contributed by atoms with Crippen LogP contribution in [0, 0.1) is 13.8 Å². The van der Waals surface area contributed by atoms with Gasteiger partial charge in [0.15, 0.2) is 0 Å². The van der Waals surface area contributed by atoms with Gasteiger partial charge in [-0.2, -0.15) is 0 Å². The van der Waals surface area contributed by atoms with E-state index in [0.29, 0.717) is 31.0 Å². The largest absolute Gasteiger partial charge is 0.466 e. The number of amides is 2. The summed E-state index contributed by atoms with van der Waals surface area (Å²) < 4.78 is 5.46. The minimum absolute atomic E-state index is 0.0337. The lowest BCUT2D eigenvalue weighted by molar-refractivity contribution is -0.133. The standard InChI is InChI=1S/C18H27N3O3/c1-14-12-16(15(2)24-14)18(23)21-10-8-19(9-11-21)13-17(22)20-6-4-3-5-7-20/h12H,3-11,13H2,1-2H3.